The predicted molar refractivity (Wildman–Crippen MR) is 128 cm³/mol. The molecule has 3 amide bonds. The zero-order valence-electron chi connectivity index (χ0n) is 20.6. The number of hydrogen-bond donors (Lipinski definition) is 1. The van der Waals surface area contributed by atoms with Gasteiger partial charge in [0, 0.05) is 32.1 Å². The van der Waals surface area contributed by atoms with Crippen molar-refractivity contribution >= 4 is 17.7 Å². The van der Waals surface area contributed by atoms with Gasteiger partial charge in [0.25, 0.3) is 5.91 Å². The zero-order chi connectivity index (χ0) is 24.4. The van der Waals surface area contributed by atoms with Crippen molar-refractivity contribution in [3.05, 3.63) is 35.6 Å². The Hall–Kier alpha value is -2.44. The summed E-state index contributed by atoms with van der Waals surface area (Å²) in [5.74, 6) is -1.33. The number of nitrogens with one attached hydrogen (secondary N) is 1. The van der Waals surface area contributed by atoms with Crippen LogP contribution in [0.5, 0.6) is 0 Å². The Balaban J connectivity index is 1.97. The van der Waals surface area contributed by atoms with Crippen LogP contribution in [-0.4, -0.2) is 59.2 Å². The Morgan fingerprint density at radius 1 is 1.09 bits per heavy atom. The molecule has 0 spiro atoms. The first-order valence-corrected chi connectivity index (χ1v) is 12.4. The van der Waals surface area contributed by atoms with Crippen molar-refractivity contribution < 1.29 is 18.8 Å². The number of nitrogens with zero attached hydrogens (tertiary/aromatic N) is 2. The normalized spacial score (nSPS) is 18.0. The van der Waals surface area contributed by atoms with Crippen molar-refractivity contribution in [3.63, 3.8) is 0 Å². The van der Waals surface area contributed by atoms with Gasteiger partial charge >= 0.3 is 0 Å². The molecule has 1 saturated heterocycles. The maximum absolute atomic E-state index is 14.1. The zero-order valence-corrected chi connectivity index (χ0v) is 20.6. The molecule has 1 aliphatic rings. The monoisotopic (exact) mass is 461 g/mol. The molecule has 1 aliphatic heterocycles. The van der Waals surface area contributed by atoms with Gasteiger partial charge in [0.1, 0.15) is 11.9 Å². The van der Waals surface area contributed by atoms with E-state index in [1.165, 1.54) is 31.0 Å². The van der Waals surface area contributed by atoms with Crippen LogP contribution in [0.3, 0.4) is 0 Å². The van der Waals surface area contributed by atoms with Crippen LogP contribution in [0.1, 0.15) is 83.0 Å². The summed E-state index contributed by atoms with van der Waals surface area (Å²) < 4.78 is 14.1. The summed E-state index contributed by atoms with van der Waals surface area (Å²) in [4.78, 5) is 42.3. The van der Waals surface area contributed by atoms with Gasteiger partial charge in [-0.05, 0) is 31.4 Å². The third-order valence-electron chi connectivity index (χ3n) is 6.64. The van der Waals surface area contributed by atoms with Gasteiger partial charge in [-0.15, -0.1) is 0 Å². The summed E-state index contributed by atoms with van der Waals surface area (Å²) in [6, 6.07) is 4.95. The third-order valence-corrected chi connectivity index (χ3v) is 6.64. The van der Waals surface area contributed by atoms with Crippen molar-refractivity contribution in [3.8, 4) is 0 Å². The van der Waals surface area contributed by atoms with E-state index in [0.29, 0.717) is 32.5 Å². The van der Waals surface area contributed by atoms with Gasteiger partial charge in [-0.2, -0.15) is 0 Å². The number of piperazine rings is 1. The highest BCUT2D eigenvalue weighted by Crippen LogP contribution is 2.18. The van der Waals surface area contributed by atoms with Gasteiger partial charge < -0.3 is 15.1 Å². The largest absolute Gasteiger partial charge is 0.340 e. The molecule has 0 saturated carbocycles. The SMILES string of the molecule is CCCCCCCC(=O)N1CCN(C(=O)C(NC(=O)c2ccccc2F)C(C)CC)CC1C. The first-order valence-electron chi connectivity index (χ1n) is 12.4. The lowest BCUT2D eigenvalue weighted by Gasteiger charge is -2.41. The standard InChI is InChI=1S/C26H40FN3O3/c1-5-7-8-9-10-15-23(31)30-17-16-29(18-20(30)4)26(33)24(19(3)6-2)28-25(32)21-13-11-12-14-22(21)27/h11-14,19-20,24H,5-10,15-18H2,1-4H3,(H,28,32). The summed E-state index contributed by atoms with van der Waals surface area (Å²) >= 11 is 0. The smallest absolute Gasteiger partial charge is 0.254 e. The van der Waals surface area contributed by atoms with E-state index in [1.807, 2.05) is 25.7 Å². The molecule has 1 fully saturated rings. The van der Waals surface area contributed by atoms with Crippen LogP contribution in [0.15, 0.2) is 24.3 Å². The fourth-order valence-electron chi connectivity index (χ4n) is 4.30. The minimum absolute atomic E-state index is 0.0682. The van der Waals surface area contributed by atoms with E-state index < -0.39 is 17.8 Å². The van der Waals surface area contributed by atoms with Crippen molar-refractivity contribution in [2.75, 3.05) is 19.6 Å². The van der Waals surface area contributed by atoms with Gasteiger partial charge in [0.2, 0.25) is 11.8 Å². The molecule has 184 valence electrons. The molecule has 1 aromatic rings. The number of unbranched alkanes of at least 4 members (excludes halogenated alkanes) is 4. The number of benzene rings is 1. The van der Waals surface area contributed by atoms with E-state index in [2.05, 4.69) is 12.2 Å². The van der Waals surface area contributed by atoms with Crippen LogP contribution >= 0.6 is 0 Å². The lowest BCUT2D eigenvalue weighted by atomic mass is 9.96. The van der Waals surface area contributed by atoms with Crippen LogP contribution in [0.4, 0.5) is 4.39 Å². The van der Waals surface area contributed by atoms with E-state index in [-0.39, 0.29) is 29.3 Å². The highest BCUT2D eigenvalue weighted by molar-refractivity contribution is 5.97. The van der Waals surface area contributed by atoms with Crippen molar-refractivity contribution in [1.29, 1.82) is 0 Å². The number of carbonyl (C=O) groups is 3. The van der Waals surface area contributed by atoms with Crippen LogP contribution in [0.2, 0.25) is 0 Å². The van der Waals surface area contributed by atoms with Gasteiger partial charge in [-0.3, -0.25) is 14.4 Å². The van der Waals surface area contributed by atoms with Crippen molar-refractivity contribution in [1.82, 2.24) is 15.1 Å². The van der Waals surface area contributed by atoms with E-state index in [1.54, 1.807) is 11.0 Å². The quantitative estimate of drug-likeness (QED) is 0.497. The molecular formula is C26H40FN3O3. The lowest BCUT2D eigenvalue weighted by molar-refractivity contribution is -0.144. The molecule has 33 heavy (non-hydrogen) atoms. The van der Waals surface area contributed by atoms with Gasteiger partial charge in [-0.25, -0.2) is 4.39 Å². The van der Waals surface area contributed by atoms with Gasteiger partial charge in [0.15, 0.2) is 0 Å². The maximum atomic E-state index is 14.1. The minimum Gasteiger partial charge on any atom is -0.340 e. The first kappa shape index (κ1) is 26.8. The van der Waals surface area contributed by atoms with Crippen molar-refractivity contribution in [2.45, 2.75) is 84.7 Å². The Bertz CT molecular complexity index is 801. The molecule has 1 aromatic carbocycles. The molecule has 0 radical (unpaired) electrons. The van der Waals surface area contributed by atoms with Gasteiger partial charge in [0.05, 0.1) is 5.56 Å². The van der Waals surface area contributed by atoms with Crippen LogP contribution in [0.25, 0.3) is 0 Å². The molecule has 1 N–H and O–H groups in total. The van der Waals surface area contributed by atoms with Crippen LogP contribution < -0.4 is 5.32 Å². The maximum Gasteiger partial charge on any atom is 0.254 e. The van der Waals surface area contributed by atoms with Crippen LogP contribution in [-0.2, 0) is 9.59 Å². The van der Waals surface area contributed by atoms with E-state index in [0.717, 1.165) is 19.3 Å². The number of amides is 3. The molecule has 3 atom stereocenters. The summed E-state index contributed by atoms with van der Waals surface area (Å²) in [5, 5.41) is 2.76. The molecule has 3 unspecified atom stereocenters. The first-order chi connectivity index (χ1) is 15.8. The Labute approximate surface area is 197 Å². The third kappa shape index (κ3) is 7.54. The average Bonchev–Trinajstić information content (AvgIpc) is 2.81. The minimum atomic E-state index is -0.741. The molecule has 7 heteroatoms. The molecule has 6 nitrogen and oxygen atoms in total. The highest BCUT2D eigenvalue weighted by Gasteiger charge is 2.35. The topological polar surface area (TPSA) is 69.7 Å². The van der Waals surface area contributed by atoms with E-state index >= 15 is 0 Å². The number of halogens is 1. The Kier molecular flexibility index (Phi) is 10.8. The average molecular weight is 462 g/mol. The molecule has 1 heterocycles. The lowest BCUT2D eigenvalue weighted by Crippen LogP contribution is -2.60. The second-order valence-corrected chi connectivity index (χ2v) is 9.20. The Morgan fingerprint density at radius 2 is 1.79 bits per heavy atom. The summed E-state index contributed by atoms with van der Waals surface area (Å²) in [6.07, 6.45) is 6.77. The predicted octanol–water partition coefficient (Wildman–Crippen LogP) is 4.39. The fraction of sp³-hybridized carbons (Fsp3) is 0.654. The van der Waals surface area contributed by atoms with Crippen molar-refractivity contribution in [2.24, 2.45) is 5.92 Å². The number of hydrogen-bond acceptors (Lipinski definition) is 3. The fourth-order valence-corrected chi connectivity index (χ4v) is 4.30. The molecule has 0 aliphatic carbocycles. The van der Waals surface area contributed by atoms with E-state index in [4.69, 9.17) is 0 Å². The highest BCUT2D eigenvalue weighted by atomic mass is 19.1. The molecular weight excluding hydrogens is 421 g/mol. The van der Waals surface area contributed by atoms with Gasteiger partial charge in [-0.1, -0.05) is 65.0 Å². The molecule has 0 bridgehead atoms. The second kappa shape index (κ2) is 13.3. The second-order valence-electron chi connectivity index (χ2n) is 9.20. The summed E-state index contributed by atoms with van der Waals surface area (Å²) in [5.41, 5.74) is -0.0682. The van der Waals surface area contributed by atoms with Crippen LogP contribution in [0, 0.1) is 11.7 Å². The summed E-state index contributed by atoms with van der Waals surface area (Å²) in [7, 11) is 0. The summed E-state index contributed by atoms with van der Waals surface area (Å²) in [6.45, 7) is 9.37. The number of rotatable bonds is 11. The van der Waals surface area contributed by atoms with E-state index in [9.17, 15) is 18.8 Å². The molecule has 0 aromatic heterocycles. The molecule has 2 rings (SSSR count). The number of carbonyl (C=O) groups excluding carboxylic acids is 3. The Morgan fingerprint density at radius 3 is 2.42 bits per heavy atom.